The zero-order chi connectivity index (χ0) is 12.3. The summed E-state index contributed by atoms with van der Waals surface area (Å²) in [5.74, 6) is 0.926. The van der Waals surface area contributed by atoms with Gasteiger partial charge in [-0.25, -0.2) is 4.98 Å². The zero-order valence-electron chi connectivity index (χ0n) is 10.00. The molecule has 1 atom stereocenters. The molecule has 0 fully saturated rings. The van der Waals surface area contributed by atoms with E-state index < -0.39 is 0 Å². The molecular weight excluding hydrogens is 214 g/mol. The Balaban J connectivity index is 2.47. The molecule has 88 valence electrons. The van der Waals surface area contributed by atoms with Gasteiger partial charge in [-0.15, -0.1) is 0 Å². The monoisotopic (exact) mass is 229 g/mol. The Hall–Kier alpha value is -1.97. The van der Waals surface area contributed by atoms with Gasteiger partial charge in [0, 0.05) is 18.5 Å². The quantitative estimate of drug-likeness (QED) is 0.810. The van der Waals surface area contributed by atoms with E-state index in [1.54, 1.807) is 30.7 Å². The molecule has 2 aromatic rings. The van der Waals surface area contributed by atoms with E-state index in [0.29, 0.717) is 11.7 Å². The molecule has 0 bridgehead atoms. The van der Waals surface area contributed by atoms with Gasteiger partial charge in [0.1, 0.15) is 0 Å². The van der Waals surface area contributed by atoms with Gasteiger partial charge in [0.2, 0.25) is 0 Å². The first-order valence-electron chi connectivity index (χ1n) is 5.72. The molecule has 0 N–H and O–H groups in total. The van der Waals surface area contributed by atoms with Crippen LogP contribution < -0.4 is 5.56 Å². The molecule has 0 aliphatic heterocycles. The van der Waals surface area contributed by atoms with Gasteiger partial charge in [0.05, 0.1) is 11.9 Å². The Labute approximate surface area is 100.0 Å². The van der Waals surface area contributed by atoms with Crippen LogP contribution in [0.1, 0.15) is 31.9 Å². The van der Waals surface area contributed by atoms with E-state index in [0.717, 1.165) is 12.1 Å². The van der Waals surface area contributed by atoms with Crippen LogP contribution in [0.4, 0.5) is 0 Å². The van der Waals surface area contributed by atoms with Crippen molar-refractivity contribution in [3.8, 4) is 5.82 Å². The van der Waals surface area contributed by atoms with Gasteiger partial charge < -0.3 is 0 Å². The van der Waals surface area contributed by atoms with E-state index in [1.807, 2.05) is 0 Å². The van der Waals surface area contributed by atoms with Crippen molar-refractivity contribution in [2.24, 2.45) is 0 Å². The van der Waals surface area contributed by atoms with Crippen molar-refractivity contribution >= 4 is 0 Å². The first-order valence-corrected chi connectivity index (χ1v) is 5.72. The van der Waals surface area contributed by atoms with Gasteiger partial charge in [-0.05, 0) is 18.4 Å². The van der Waals surface area contributed by atoms with Crippen LogP contribution in [-0.2, 0) is 0 Å². The van der Waals surface area contributed by atoms with E-state index in [2.05, 4.69) is 23.8 Å². The van der Waals surface area contributed by atoms with Crippen LogP contribution in [0.2, 0.25) is 0 Å². The Bertz CT molecular complexity index is 562. The summed E-state index contributed by atoms with van der Waals surface area (Å²) in [4.78, 5) is 20.3. The molecule has 0 saturated heterocycles. The van der Waals surface area contributed by atoms with Gasteiger partial charge in [0.15, 0.2) is 5.82 Å². The van der Waals surface area contributed by atoms with Crippen LogP contribution in [0.3, 0.4) is 0 Å². The van der Waals surface area contributed by atoms with Crippen molar-refractivity contribution in [3.05, 3.63) is 52.8 Å². The summed E-state index contributed by atoms with van der Waals surface area (Å²) in [6, 6.07) is 5.03. The third-order valence-electron chi connectivity index (χ3n) is 2.83. The maximum absolute atomic E-state index is 11.7. The first-order chi connectivity index (χ1) is 8.22. The third kappa shape index (κ3) is 2.41. The molecule has 2 heterocycles. The van der Waals surface area contributed by atoms with Crippen molar-refractivity contribution in [1.29, 1.82) is 0 Å². The number of rotatable bonds is 3. The van der Waals surface area contributed by atoms with E-state index in [4.69, 9.17) is 0 Å². The highest BCUT2D eigenvalue weighted by Crippen LogP contribution is 2.15. The molecule has 0 aliphatic rings. The Morgan fingerprint density at radius 3 is 2.88 bits per heavy atom. The molecule has 17 heavy (non-hydrogen) atoms. The van der Waals surface area contributed by atoms with E-state index >= 15 is 0 Å². The highest BCUT2D eigenvalue weighted by Gasteiger charge is 2.07. The lowest BCUT2D eigenvalue weighted by Gasteiger charge is -2.09. The maximum Gasteiger partial charge on any atom is 0.256 e. The molecule has 1 unspecified atom stereocenters. The van der Waals surface area contributed by atoms with Gasteiger partial charge in [-0.3, -0.25) is 14.3 Å². The first kappa shape index (κ1) is 11.5. The minimum Gasteiger partial charge on any atom is -0.269 e. The van der Waals surface area contributed by atoms with Gasteiger partial charge in [-0.2, -0.15) is 0 Å². The molecule has 4 nitrogen and oxygen atoms in total. The molecular formula is C13H15N3O. The molecule has 4 heteroatoms. The summed E-state index contributed by atoms with van der Waals surface area (Å²) < 4.78 is 1.50. The number of pyridine rings is 1. The Morgan fingerprint density at radius 2 is 2.18 bits per heavy atom. The summed E-state index contributed by atoms with van der Waals surface area (Å²) in [6.07, 6.45) is 6.06. The highest BCUT2D eigenvalue weighted by atomic mass is 16.1. The SMILES string of the molecule is CCC(C)c1cncc(-n2ccccc2=O)n1. The van der Waals surface area contributed by atoms with Crippen LogP contribution in [0.5, 0.6) is 0 Å². The van der Waals surface area contributed by atoms with Gasteiger partial charge in [0.25, 0.3) is 5.56 Å². The molecule has 0 radical (unpaired) electrons. The van der Waals surface area contributed by atoms with Crippen LogP contribution in [0.25, 0.3) is 5.82 Å². The predicted octanol–water partition coefficient (Wildman–Crippen LogP) is 2.14. The topological polar surface area (TPSA) is 47.8 Å². The maximum atomic E-state index is 11.7. The fourth-order valence-electron chi connectivity index (χ4n) is 1.55. The molecule has 0 saturated carbocycles. The van der Waals surface area contributed by atoms with Crippen LogP contribution in [-0.4, -0.2) is 14.5 Å². The van der Waals surface area contributed by atoms with Crippen molar-refractivity contribution in [3.63, 3.8) is 0 Å². The van der Waals surface area contributed by atoms with E-state index in [1.165, 1.54) is 10.6 Å². The average molecular weight is 229 g/mol. The average Bonchev–Trinajstić information content (AvgIpc) is 2.38. The largest absolute Gasteiger partial charge is 0.269 e. The molecule has 2 aromatic heterocycles. The number of nitrogens with zero attached hydrogens (tertiary/aromatic N) is 3. The van der Waals surface area contributed by atoms with Gasteiger partial charge >= 0.3 is 0 Å². The second-order valence-electron chi connectivity index (χ2n) is 4.02. The van der Waals surface area contributed by atoms with Crippen molar-refractivity contribution in [1.82, 2.24) is 14.5 Å². The number of hydrogen-bond donors (Lipinski definition) is 0. The predicted molar refractivity (Wildman–Crippen MR) is 66.3 cm³/mol. The molecule has 0 aliphatic carbocycles. The molecule has 0 amide bonds. The fourth-order valence-corrected chi connectivity index (χ4v) is 1.55. The number of hydrogen-bond acceptors (Lipinski definition) is 3. The van der Waals surface area contributed by atoms with E-state index in [-0.39, 0.29) is 5.56 Å². The lowest BCUT2D eigenvalue weighted by molar-refractivity contribution is 0.696. The van der Waals surface area contributed by atoms with Crippen LogP contribution in [0.15, 0.2) is 41.6 Å². The second-order valence-corrected chi connectivity index (χ2v) is 4.02. The van der Waals surface area contributed by atoms with Gasteiger partial charge in [-0.1, -0.05) is 19.9 Å². The summed E-state index contributed by atoms with van der Waals surface area (Å²) >= 11 is 0. The molecule has 2 rings (SSSR count). The Kier molecular flexibility index (Phi) is 3.32. The molecule has 0 spiro atoms. The lowest BCUT2D eigenvalue weighted by Crippen LogP contribution is -2.17. The van der Waals surface area contributed by atoms with Crippen LogP contribution >= 0.6 is 0 Å². The summed E-state index contributed by atoms with van der Waals surface area (Å²) in [5, 5.41) is 0. The number of aromatic nitrogens is 3. The Morgan fingerprint density at radius 1 is 1.35 bits per heavy atom. The van der Waals surface area contributed by atoms with Crippen LogP contribution in [0, 0.1) is 0 Å². The van der Waals surface area contributed by atoms with Crippen molar-refractivity contribution in [2.45, 2.75) is 26.2 Å². The smallest absolute Gasteiger partial charge is 0.256 e. The second kappa shape index (κ2) is 4.91. The summed E-state index contributed by atoms with van der Waals surface area (Å²) in [6.45, 7) is 4.20. The van der Waals surface area contributed by atoms with Crippen molar-refractivity contribution < 1.29 is 0 Å². The third-order valence-corrected chi connectivity index (χ3v) is 2.83. The highest BCUT2D eigenvalue weighted by molar-refractivity contribution is 5.22. The zero-order valence-corrected chi connectivity index (χ0v) is 10.00. The summed E-state index contributed by atoms with van der Waals surface area (Å²) in [5.41, 5.74) is 0.823. The standard InChI is InChI=1S/C13H15N3O/c1-3-10(2)11-8-14-9-12(15-11)16-7-5-4-6-13(16)17/h4-10H,3H2,1-2H3. The molecule has 0 aromatic carbocycles. The van der Waals surface area contributed by atoms with Crippen molar-refractivity contribution in [2.75, 3.05) is 0 Å². The van der Waals surface area contributed by atoms with E-state index in [9.17, 15) is 4.79 Å². The minimum absolute atomic E-state index is 0.0944. The fraction of sp³-hybridized carbons (Fsp3) is 0.308. The lowest BCUT2D eigenvalue weighted by atomic mass is 10.1. The minimum atomic E-state index is -0.0944. The summed E-state index contributed by atoms with van der Waals surface area (Å²) in [7, 11) is 0. The normalized spacial score (nSPS) is 12.4.